The van der Waals surface area contributed by atoms with Crippen molar-refractivity contribution in [2.24, 2.45) is 0 Å². The maximum absolute atomic E-state index is 11.8. The van der Waals surface area contributed by atoms with Crippen LogP contribution in [0.5, 0.6) is 5.75 Å². The van der Waals surface area contributed by atoms with Gasteiger partial charge in [0.05, 0.1) is 17.9 Å². The number of carbonyl (C=O) groups is 2. The normalized spacial score (nSPS) is 10.3. The molecule has 0 spiro atoms. The van der Waals surface area contributed by atoms with Crippen LogP contribution < -0.4 is 10.1 Å². The molecule has 5 heteroatoms. The number of hydrogen-bond acceptors (Lipinski definition) is 3. The first-order valence-corrected chi connectivity index (χ1v) is 7.88. The Labute approximate surface area is 131 Å². The maximum atomic E-state index is 11.8. The smallest absolute Gasteiger partial charge is 0.335 e. The molecule has 22 heavy (non-hydrogen) atoms. The minimum atomic E-state index is -1.01. The molecular formula is C17H25NO4. The van der Waals surface area contributed by atoms with E-state index in [0.29, 0.717) is 24.5 Å². The molecule has 1 rings (SSSR count). The highest BCUT2D eigenvalue weighted by molar-refractivity contribution is 5.94. The van der Waals surface area contributed by atoms with Crippen molar-refractivity contribution < 1.29 is 19.4 Å². The summed E-state index contributed by atoms with van der Waals surface area (Å²) in [5.74, 6) is -0.675. The Morgan fingerprint density at radius 3 is 2.50 bits per heavy atom. The molecule has 0 saturated carbocycles. The fourth-order valence-corrected chi connectivity index (χ4v) is 1.96. The van der Waals surface area contributed by atoms with Crippen molar-refractivity contribution in [2.75, 3.05) is 11.9 Å². The van der Waals surface area contributed by atoms with Crippen LogP contribution in [0.1, 0.15) is 62.7 Å². The van der Waals surface area contributed by atoms with Gasteiger partial charge in [0.15, 0.2) is 0 Å². The van der Waals surface area contributed by atoms with E-state index in [9.17, 15) is 9.59 Å². The molecule has 1 aromatic rings. The summed E-state index contributed by atoms with van der Waals surface area (Å²) >= 11 is 0. The van der Waals surface area contributed by atoms with E-state index < -0.39 is 5.97 Å². The van der Waals surface area contributed by atoms with Crippen molar-refractivity contribution >= 4 is 17.6 Å². The molecule has 0 unspecified atom stereocenters. The molecule has 122 valence electrons. The Morgan fingerprint density at radius 1 is 1.14 bits per heavy atom. The number of carboxylic acids is 1. The van der Waals surface area contributed by atoms with Crippen molar-refractivity contribution in [2.45, 2.75) is 52.4 Å². The zero-order chi connectivity index (χ0) is 16.4. The summed E-state index contributed by atoms with van der Waals surface area (Å²) in [7, 11) is 0. The molecule has 0 aliphatic rings. The van der Waals surface area contributed by atoms with Crippen LogP contribution in [-0.2, 0) is 4.79 Å². The second-order valence-electron chi connectivity index (χ2n) is 5.22. The average Bonchev–Trinajstić information content (AvgIpc) is 2.50. The number of carbonyl (C=O) groups excluding carboxylic acids is 1. The van der Waals surface area contributed by atoms with E-state index in [1.54, 1.807) is 6.07 Å². The zero-order valence-electron chi connectivity index (χ0n) is 13.4. The third-order valence-electron chi connectivity index (χ3n) is 3.27. The van der Waals surface area contributed by atoms with Gasteiger partial charge in [0.2, 0.25) is 5.91 Å². The standard InChI is InChI=1S/C17H25NO4/c1-3-5-7-11-22-15-12-13(17(20)21)9-10-14(15)18-16(19)8-6-4-2/h9-10,12H,3-8,11H2,1-2H3,(H,18,19)(H,20,21). The molecule has 0 radical (unpaired) electrons. The summed E-state index contributed by atoms with van der Waals surface area (Å²) < 4.78 is 5.66. The summed E-state index contributed by atoms with van der Waals surface area (Å²) in [4.78, 5) is 22.9. The first-order chi connectivity index (χ1) is 10.6. The Hall–Kier alpha value is -2.04. The number of amides is 1. The fourth-order valence-electron chi connectivity index (χ4n) is 1.96. The highest BCUT2D eigenvalue weighted by atomic mass is 16.5. The Morgan fingerprint density at radius 2 is 1.86 bits per heavy atom. The fraction of sp³-hybridized carbons (Fsp3) is 0.529. The summed E-state index contributed by atoms with van der Waals surface area (Å²) in [6.07, 6.45) is 5.26. The van der Waals surface area contributed by atoms with Gasteiger partial charge in [0.25, 0.3) is 0 Å². The van der Waals surface area contributed by atoms with Gasteiger partial charge in [-0.2, -0.15) is 0 Å². The van der Waals surface area contributed by atoms with Gasteiger partial charge >= 0.3 is 5.97 Å². The van der Waals surface area contributed by atoms with Crippen LogP contribution in [0.2, 0.25) is 0 Å². The van der Waals surface area contributed by atoms with Gasteiger partial charge in [0, 0.05) is 6.42 Å². The first-order valence-electron chi connectivity index (χ1n) is 7.88. The summed E-state index contributed by atoms with van der Waals surface area (Å²) in [5.41, 5.74) is 0.680. The molecule has 1 aromatic carbocycles. The molecule has 0 fully saturated rings. The van der Waals surface area contributed by atoms with Gasteiger partial charge in [-0.15, -0.1) is 0 Å². The SMILES string of the molecule is CCCCCOc1cc(C(=O)O)ccc1NC(=O)CCCC. The topological polar surface area (TPSA) is 75.6 Å². The predicted molar refractivity (Wildman–Crippen MR) is 86.6 cm³/mol. The van der Waals surface area contributed by atoms with Crippen molar-refractivity contribution in [1.29, 1.82) is 0 Å². The van der Waals surface area contributed by atoms with Gasteiger partial charge in [-0.05, 0) is 31.0 Å². The lowest BCUT2D eigenvalue weighted by Gasteiger charge is -2.13. The third kappa shape index (κ3) is 6.16. The summed E-state index contributed by atoms with van der Waals surface area (Å²) in [6, 6.07) is 4.52. The largest absolute Gasteiger partial charge is 0.491 e. The quantitative estimate of drug-likeness (QED) is 0.639. The van der Waals surface area contributed by atoms with Gasteiger partial charge < -0.3 is 15.2 Å². The van der Waals surface area contributed by atoms with Gasteiger partial charge in [-0.1, -0.05) is 33.1 Å². The van der Waals surface area contributed by atoms with Crippen LogP contribution >= 0.6 is 0 Å². The number of hydrogen-bond donors (Lipinski definition) is 2. The second-order valence-corrected chi connectivity index (χ2v) is 5.22. The lowest BCUT2D eigenvalue weighted by atomic mass is 10.1. The van der Waals surface area contributed by atoms with E-state index in [4.69, 9.17) is 9.84 Å². The number of rotatable bonds is 10. The third-order valence-corrected chi connectivity index (χ3v) is 3.27. The number of carboxylic acid groups (broad SMARTS) is 1. The first kappa shape index (κ1) is 18.0. The van der Waals surface area contributed by atoms with E-state index in [1.165, 1.54) is 12.1 Å². The van der Waals surface area contributed by atoms with Gasteiger partial charge in [-0.3, -0.25) is 4.79 Å². The molecule has 0 bridgehead atoms. The molecule has 0 aromatic heterocycles. The molecule has 1 amide bonds. The Balaban J connectivity index is 2.79. The van der Waals surface area contributed by atoms with Crippen molar-refractivity contribution in [3.05, 3.63) is 23.8 Å². The average molecular weight is 307 g/mol. The predicted octanol–water partition coefficient (Wildman–Crippen LogP) is 4.08. The number of aromatic carboxylic acids is 1. The van der Waals surface area contributed by atoms with Crippen LogP contribution in [0.3, 0.4) is 0 Å². The number of nitrogens with one attached hydrogen (secondary N) is 1. The second kappa shape index (κ2) is 9.82. The summed E-state index contributed by atoms with van der Waals surface area (Å²) in [5, 5.41) is 11.9. The highest BCUT2D eigenvalue weighted by Crippen LogP contribution is 2.26. The minimum Gasteiger partial charge on any atom is -0.491 e. The van der Waals surface area contributed by atoms with E-state index in [2.05, 4.69) is 12.2 Å². The summed E-state index contributed by atoms with van der Waals surface area (Å²) in [6.45, 7) is 4.64. The van der Waals surface area contributed by atoms with Crippen molar-refractivity contribution in [3.8, 4) is 5.75 Å². The maximum Gasteiger partial charge on any atom is 0.335 e. The lowest BCUT2D eigenvalue weighted by Crippen LogP contribution is -2.13. The van der Waals surface area contributed by atoms with E-state index >= 15 is 0 Å². The number of anilines is 1. The van der Waals surface area contributed by atoms with Crippen LogP contribution in [-0.4, -0.2) is 23.6 Å². The van der Waals surface area contributed by atoms with Crippen LogP contribution in [0.4, 0.5) is 5.69 Å². The number of ether oxygens (including phenoxy) is 1. The molecule has 0 aliphatic heterocycles. The van der Waals surface area contributed by atoms with Crippen LogP contribution in [0, 0.1) is 0 Å². The monoisotopic (exact) mass is 307 g/mol. The van der Waals surface area contributed by atoms with Crippen LogP contribution in [0.25, 0.3) is 0 Å². The Kier molecular flexibility index (Phi) is 8.04. The molecule has 0 atom stereocenters. The molecule has 2 N–H and O–H groups in total. The van der Waals surface area contributed by atoms with E-state index in [-0.39, 0.29) is 11.5 Å². The molecule has 0 heterocycles. The molecule has 0 saturated heterocycles. The highest BCUT2D eigenvalue weighted by Gasteiger charge is 2.12. The van der Waals surface area contributed by atoms with Crippen molar-refractivity contribution in [3.63, 3.8) is 0 Å². The van der Waals surface area contributed by atoms with Gasteiger partial charge in [0.1, 0.15) is 5.75 Å². The van der Waals surface area contributed by atoms with E-state index in [1.807, 2.05) is 6.92 Å². The van der Waals surface area contributed by atoms with Crippen molar-refractivity contribution in [1.82, 2.24) is 0 Å². The van der Waals surface area contributed by atoms with Crippen LogP contribution in [0.15, 0.2) is 18.2 Å². The minimum absolute atomic E-state index is 0.0802. The zero-order valence-corrected chi connectivity index (χ0v) is 13.4. The molecular weight excluding hydrogens is 282 g/mol. The molecule has 0 aliphatic carbocycles. The van der Waals surface area contributed by atoms with E-state index in [0.717, 1.165) is 32.1 Å². The Bertz CT molecular complexity index is 499. The number of benzene rings is 1. The molecule has 5 nitrogen and oxygen atoms in total. The van der Waals surface area contributed by atoms with Gasteiger partial charge in [-0.25, -0.2) is 4.79 Å². The number of unbranched alkanes of at least 4 members (excludes halogenated alkanes) is 3. The lowest BCUT2D eigenvalue weighted by molar-refractivity contribution is -0.116.